The molecule has 0 radical (unpaired) electrons. The highest BCUT2D eigenvalue weighted by Gasteiger charge is 2.17. The summed E-state index contributed by atoms with van der Waals surface area (Å²) in [4.78, 5) is 12.2. The second kappa shape index (κ2) is 7.12. The maximum Gasteiger partial charge on any atom is 0.261 e. The summed E-state index contributed by atoms with van der Waals surface area (Å²) in [5.74, 6) is 0.582. The van der Waals surface area contributed by atoms with Crippen LogP contribution in [0, 0.1) is 13.8 Å². The first-order valence-corrected chi connectivity index (χ1v) is 7.56. The molecule has 0 saturated carbocycles. The number of aryl methyl sites for hydroxylation is 2. The zero-order chi connectivity index (χ0) is 16.1. The van der Waals surface area contributed by atoms with Gasteiger partial charge in [0.05, 0.1) is 6.04 Å². The van der Waals surface area contributed by atoms with Crippen molar-refractivity contribution in [1.82, 2.24) is 5.32 Å². The van der Waals surface area contributed by atoms with Crippen LogP contribution >= 0.6 is 0 Å². The van der Waals surface area contributed by atoms with Gasteiger partial charge in [0.2, 0.25) is 0 Å². The van der Waals surface area contributed by atoms with Crippen LogP contribution in [-0.4, -0.2) is 12.0 Å². The molecule has 22 heavy (non-hydrogen) atoms. The van der Waals surface area contributed by atoms with Crippen LogP contribution in [0.5, 0.6) is 5.75 Å². The molecule has 0 spiro atoms. The number of rotatable bonds is 5. The summed E-state index contributed by atoms with van der Waals surface area (Å²) in [7, 11) is 0. The van der Waals surface area contributed by atoms with Gasteiger partial charge in [0, 0.05) is 0 Å². The molecule has 0 saturated heterocycles. The average molecular weight is 297 g/mol. The summed E-state index contributed by atoms with van der Waals surface area (Å²) < 4.78 is 5.64. The SMILES string of the molecule is Cc1ccc([C@@H](C)NC(=O)[C@H](C)Oc2ccccc2)cc1C. The number of hydrogen-bond donors (Lipinski definition) is 1. The number of hydrogen-bond acceptors (Lipinski definition) is 2. The highest BCUT2D eigenvalue weighted by molar-refractivity contribution is 5.81. The number of carbonyl (C=O) groups is 1. The quantitative estimate of drug-likeness (QED) is 0.907. The number of para-hydroxylation sites is 1. The van der Waals surface area contributed by atoms with Gasteiger partial charge in [-0.3, -0.25) is 4.79 Å². The van der Waals surface area contributed by atoms with E-state index in [-0.39, 0.29) is 11.9 Å². The smallest absolute Gasteiger partial charge is 0.261 e. The Bertz CT molecular complexity index is 637. The van der Waals surface area contributed by atoms with Crippen molar-refractivity contribution in [2.45, 2.75) is 39.8 Å². The first kappa shape index (κ1) is 16.1. The molecule has 2 aromatic carbocycles. The fraction of sp³-hybridized carbons (Fsp3) is 0.316. The molecule has 0 fully saturated rings. The lowest BCUT2D eigenvalue weighted by molar-refractivity contribution is -0.127. The third-order valence-corrected chi connectivity index (χ3v) is 3.82. The lowest BCUT2D eigenvalue weighted by Crippen LogP contribution is -2.37. The van der Waals surface area contributed by atoms with Gasteiger partial charge in [-0.2, -0.15) is 0 Å². The highest BCUT2D eigenvalue weighted by atomic mass is 16.5. The summed E-state index contributed by atoms with van der Waals surface area (Å²) in [5, 5.41) is 3.00. The fourth-order valence-corrected chi connectivity index (χ4v) is 2.20. The molecule has 0 aliphatic rings. The van der Waals surface area contributed by atoms with Crippen LogP contribution in [0.2, 0.25) is 0 Å². The number of carbonyl (C=O) groups excluding carboxylic acids is 1. The maximum atomic E-state index is 12.2. The molecular weight excluding hydrogens is 274 g/mol. The van der Waals surface area contributed by atoms with Gasteiger partial charge in [-0.15, -0.1) is 0 Å². The summed E-state index contributed by atoms with van der Waals surface area (Å²) in [6.07, 6.45) is -0.531. The van der Waals surface area contributed by atoms with E-state index in [2.05, 4.69) is 37.4 Å². The normalized spacial score (nSPS) is 13.3. The molecule has 0 heterocycles. The van der Waals surface area contributed by atoms with Gasteiger partial charge in [-0.1, -0.05) is 36.4 Å². The molecule has 1 N–H and O–H groups in total. The minimum atomic E-state index is -0.531. The Morgan fingerprint density at radius 3 is 2.32 bits per heavy atom. The van der Waals surface area contributed by atoms with E-state index in [1.807, 2.05) is 37.3 Å². The predicted molar refractivity (Wildman–Crippen MR) is 89.0 cm³/mol. The third kappa shape index (κ3) is 4.10. The van der Waals surface area contributed by atoms with E-state index >= 15 is 0 Å². The van der Waals surface area contributed by atoms with Crippen LogP contribution < -0.4 is 10.1 Å². The van der Waals surface area contributed by atoms with Crippen LogP contribution in [0.4, 0.5) is 0 Å². The van der Waals surface area contributed by atoms with Crippen molar-refractivity contribution in [3.8, 4) is 5.75 Å². The lowest BCUT2D eigenvalue weighted by atomic mass is 10.0. The van der Waals surface area contributed by atoms with Gasteiger partial charge >= 0.3 is 0 Å². The van der Waals surface area contributed by atoms with Crippen molar-refractivity contribution < 1.29 is 9.53 Å². The second-order valence-electron chi connectivity index (χ2n) is 5.65. The summed E-state index contributed by atoms with van der Waals surface area (Å²) >= 11 is 0. The van der Waals surface area contributed by atoms with Gasteiger partial charge in [0.1, 0.15) is 5.75 Å². The van der Waals surface area contributed by atoms with Gasteiger partial charge in [-0.05, 0) is 56.5 Å². The van der Waals surface area contributed by atoms with Crippen molar-refractivity contribution in [2.75, 3.05) is 0 Å². The van der Waals surface area contributed by atoms with Crippen LogP contribution in [0.3, 0.4) is 0 Å². The summed E-state index contributed by atoms with van der Waals surface area (Å²) in [6.45, 7) is 7.90. The fourth-order valence-electron chi connectivity index (χ4n) is 2.20. The van der Waals surface area contributed by atoms with Gasteiger partial charge in [0.15, 0.2) is 6.10 Å². The van der Waals surface area contributed by atoms with Crippen molar-refractivity contribution in [1.29, 1.82) is 0 Å². The van der Waals surface area contributed by atoms with E-state index in [0.717, 1.165) is 5.56 Å². The highest BCUT2D eigenvalue weighted by Crippen LogP contribution is 2.17. The standard InChI is InChI=1S/C19H23NO2/c1-13-10-11-17(12-14(13)2)15(3)20-19(21)16(4)22-18-8-6-5-7-9-18/h5-12,15-16H,1-4H3,(H,20,21)/t15-,16+/m1/s1. The van der Waals surface area contributed by atoms with E-state index < -0.39 is 6.10 Å². The monoisotopic (exact) mass is 297 g/mol. The minimum absolute atomic E-state index is 0.0476. The zero-order valence-corrected chi connectivity index (χ0v) is 13.6. The summed E-state index contributed by atoms with van der Waals surface area (Å²) in [6, 6.07) is 15.6. The first-order valence-electron chi connectivity index (χ1n) is 7.56. The lowest BCUT2D eigenvalue weighted by Gasteiger charge is -2.19. The summed E-state index contributed by atoms with van der Waals surface area (Å²) in [5.41, 5.74) is 3.58. The second-order valence-corrected chi connectivity index (χ2v) is 5.65. The molecular formula is C19H23NO2. The predicted octanol–water partition coefficient (Wildman–Crippen LogP) is 3.95. The van der Waals surface area contributed by atoms with Crippen LogP contribution in [0.15, 0.2) is 48.5 Å². The van der Waals surface area contributed by atoms with Crippen molar-refractivity contribution >= 4 is 5.91 Å². The molecule has 2 rings (SSSR count). The molecule has 0 aromatic heterocycles. The Hall–Kier alpha value is -2.29. The van der Waals surface area contributed by atoms with Gasteiger partial charge in [0.25, 0.3) is 5.91 Å². The topological polar surface area (TPSA) is 38.3 Å². The molecule has 0 bridgehead atoms. The zero-order valence-electron chi connectivity index (χ0n) is 13.6. The number of nitrogens with one attached hydrogen (secondary N) is 1. The van der Waals surface area contributed by atoms with Crippen LogP contribution in [-0.2, 0) is 4.79 Å². The van der Waals surface area contributed by atoms with Crippen LogP contribution in [0.25, 0.3) is 0 Å². The van der Waals surface area contributed by atoms with E-state index in [4.69, 9.17) is 4.74 Å². The van der Waals surface area contributed by atoms with Crippen LogP contribution in [0.1, 0.15) is 36.6 Å². The van der Waals surface area contributed by atoms with Gasteiger partial charge < -0.3 is 10.1 Å². The number of ether oxygens (including phenoxy) is 1. The molecule has 0 aliphatic heterocycles. The largest absolute Gasteiger partial charge is 0.481 e. The molecule has 3 heteroatoms. The Morgan fingerprint density at radius 2 is 1.68 bits per heavy atom. The Balaban J connectivity index is 1.96. The molecule has 1 amide bonds. The number of benzene rings is 2. The maximum absolute atomic E-state index is 12.2. The van der Waals surface area contributed by atoms with Gasteiger partial charge in [-0.25, -0.2) is 0 Å². The van der Waals surface area contributed by atoms with E-state index in [1.165, 1.54) is 11.1 Å². The first-order chi connectivity index (χ1) is 10.5. The molecule has 2 aromatic rings. The van der Waals surface area contributed by atoms with Crippen molar-refractivity contribution in [2.24, 2.45) is 0 Å². The molecule has 2 atom stereocenters. The average Bonchev–Trinajstić information content (AvgIpc) is 2.50. The minimum Gasteiger partial charge on any atom is -0.481 e. The van der Waals surface area contributed by atoms with Crippen molar-refractivity contribution in [3.63, 3.8) is 0 Å². The Morgan fingerprint density at radius 1 is 1.00 bits per heavy atom. The van der Waals surface area contributed by atoms with E-state index in [0.29, 0.717) is 5.75 Å². The molecule has 3 nitrogen and oxygen atoms in total. The molecule has 0 aliphatic carbocycles. The molecule has 0 unspecified atom stereocenters. The van der Waals surface area contributed by atoms with Crippen molar-refractivity contribution in [3.05, 3.63) is 65.2 Å². The Kier molecular flexibility index (Phi) is 5.21. The third-order valence-electron chi connectivity index (χ3n) is 3.82. The Labute approximate surface area is 132 Å². The number of amides is 1. The van der Waals surface area contributed by atoms with E-state index in [9.17, 15) is 4.79 Å². The molecule has 116 valence electrons. The van der Waals surface area contributed by atoms with E-state index in [1.54, 1.807) is 6.92 Å².